The normalized spacial score (nSPS) is 23.5. The van der Waals surface area contributed by atoms with Gasteiger partial charge in [-0.2, -0.15) is 0 Å². The van der Waals surface area contributed by atoms with Crippen LogP contribution in [0.2, 0.25) is 0 Å². The summed E-state index contributed by atoms with van der Waals surface area (Å²) in [6.45, 7) is 8.67. The van der Waals surface area contributed by atoms with Gasteiger partial charge >= 0.3 is 0 Å². The Balaban J connectivity index is 1.97. The lowest BCUT2D eigenvalue weighted by atomic mass is 10.1. The zero-order valence-electron chi connectivity index (χ0n) is 11.0. The SMILES string of the molecule is CC(N)Cc1coc(C2CCN(C(C)C)C2)n1. The van der Waals surface area contributed by atoms with Crippen molar-refractivity contribution < 1.29 is 4.42 Å². The molecule has 17 heavy (non-hydrogen) atoms. The molecule has 2 heterocycles. The summed E-state index contributed by atoms with van der Waals surface area (Å²) in [5.74, 6) is 1.35. The standard InChI is InChI=1S/C13H23N3O/c1-9(2)16-5-4-11(7-16)13-15-12(8-17-13)6-10(3)14/h8-11H,4-7,14H2,1-3H3. The van der Waals surface area contributed by atoms with Gasteiger partial charge in [0.05, 0.1) is 5.69 Å². The molecule has 0 aromatic carbocycles. The summed E-state index contributed by atoms with van der Waals surface area (Å²) < 4.78 is 5.58. The summed E-state index contributed by atoms with van der Waals surface area (Å²) in [6, 6.07) is 0.752. The highest BCUT2D eigenvalue weighted by atomic mass is 16.3. The minimum Gasteiger partial charge on any atom is -0.448 e. The summed E-state index contributed by atoms with van der Waals surface area (Å²) in [5.41, 5.74) is 6.74. The van der Waals surface area contributed by atoms with Crippen molar-refractivity contribution in [2.45, 2.75) is 51.6 Å². The molecule has 2 unspecified atom stereocenters. The van der Waals surface area contributed by atoms with E-state index in [2.05, 4.69) is 23.7 Å². The highest BCUT2D eigenvalue weighted by Crippen LogP contribution is 2.27. The Hall–Kier alpha value is -0.870. The lowest BCUT2D eigenvalue weighted by molar-refractivity contribution is 0.268. The smallest absolute Gasteiger partial charge is 0.198 e. The number of hydrogen-bond donors (Lipinski definition) is 1. The van der Waals surface area contributed by atoms with Crippen LogP contribution in [0.5, 0.6) is 0 Å². The fraction of sp³-hybridized carbons (Fsp3) is 0.769. The number of likely N-dealkylation sites (tertiary alicyclic amines) is 1. The third kappa shape index (κ3) is 3.07. The number of oxazole rings is 1. The molecular formula is C13H23N3O. The van der Waals surface area contributed by atoms with Gasteiger partial charge in [0.15, 0.2) is 5.89 Å². The van der Waals surface area contributed by atoms with E-state index in [9.17, 15) is 0 Å². The predicted octanol–water partition coefficient (Wildman–Crippen LogP) is 1.76. The molecule has 2 atom stereocenters. The molecular weight excluding hydrogens is 214 g/mol. The highest BCUT2D eigenvalue weighted by molar-refractivity contribution is 5.05. The van der Waals surface area contributed by atoms with Gasteiger partial charge in [0.1, 0.15) is 6.26 Å². The predicted molar refractivity (Wildman–Crippen MR) is 67.9 cm³/mol. The maximum absolute atomic E-state index is 5.76. The average Bonchev–Trinajstić information content (AvgIpc) is 2.83. The molecule has 0 bridgehead atoms. The van der Waals surface area contributed by atoms with Crippen LogP contribution in [0.25, 0.3) is 0 Å². The lowest BCUT2D eigenvalue weighted by Crippen LogP contribution is -2.27. The zero-order valence-corrected chi connectivity index (χ0v) is 11.0. The monoisotopic (exact) mass is 237 g/mol. The first-order valence-corrected chi connectivity index (χ1v) is 6.50. The number of rotatable bonds is 4. The number of hydrogen-bond acceptors (Lipinski definition) is 4. The largest absolute Gasteiger partial charge is 0.448 e. The molecule has 0 saturated carbocycles. The molecule has 0 amide bonds. The van der Waals surface area contributed by atoms with Crippen LogP contribution in [0.4, 0.5) is 0 Å². The van der Waals surface area contributed by atoms with Gasteiger partial charge in [0.25, 0.3) is 0 Å². The van der Waals surface area contributed by atoms with E-state index in [1.54, 1.807) is 6.26 Å². The van der Waals surface area contributed by atoms with Crippen molar-refractivity contribution in [2.75, 3.05) is 13.1 Å². The average molecular weight is 237 g/mol. The molecule has 96 valence electrons. The second-order valence-corrected chi connectivity index (χ2v) is 5.43. The fourth-order valence-corrected chi connectivity index (χ4v) is 2.39. The van der Waals surface area contributed by atoms with Crippen LogP contribution in [0.15, 0.2) is 10.7 Å². The van der Waals surface area contributed by atoms with Crippen LogP contribution < -0.4 is 5.73 Å². The minimum atomic E-state index is 0.142. The van der Waals surface area contributed by atoms with Gasteiger partial charge in [0, 0.05) is 31.0 Å². The van der Waals surface area contributed by atoms with Crippen LogP contribution in [0, 0.1) is 0 Å². The second-order valence-electron chi connectivity index (χ2n) is 5.43. The Labute approximate surface area is 103 Å². The first-order valence-electron chi connectivity index (χ1n) is 6.50. The van der Waals surface area contributed by atoms with Crippen molar-refractivity contribution in [2.24, 2.45) is 5.73 Å². The molecule has 2 rings (SSSR count). The van der Waals surface area contributed by atoms with Crippen molar-refractivity contribution in [3.8, 4) is 0 Å². The van der Waals surface area contributed by atoms with E-state index in [4.69, 9.17) is 10.2 Å². The lowest BCUT2D eigenvalue weighted by Gasteiger charge is -2.19. The van der Waals surface area contributed by atoms with Crippen LogP contribution in [0.3, 0.4) is 0 Å². The Bertz CT molecular complexity index is 359. The van der Waals surface area contributed by atoms with Crippen molar-refractivity contribution in [1.82, 2.24) is 9.88 Å². The summed E-state index contributed by atoms with van der Waals surface area (Å²) in [4.78, 5) is 7.03. The van der Waals surface area contributed by atoms with Crippen LogP contribution >= 0.6 is 0 Å². The van der Waals surface area contributed by atoms with Gasteiger partial charge in [-0.15, -0.1) is 0 Å². The number of nitrogens with two attached hydrogens (primary N) is 1. The van der Waals surface area contributed by atoms with E-state index >= 15 is 0 Å². The van der Waals surface area contributed by atoms with E-state index in [0.717, 1.165) is 37.5 Å². The molecule has 0 aliphatic carbocycles. The molecule has 1 aromatic heterocycles. The summed E-state index contributed by atoms with van der Waals surface area (Å²) in [6.07, 6.45) is 3.71. The molecule has 0 radical (unpaired) electrons. The Morgan fingerprint density at radius 3 is 2.88 bits per heavy atom. The Morgan fingerprint density at radius 1 is 1.53 bits per heavy atom. The fourth-order valence-electron chi connectivity index (χ4n) is 2.39. The molecule has 0 spiro atoms. The van der Waals surface area contributed by atoms with Crippen molar-refractivity contribution in [3.63, 3.8) is 0 Å². The first kappa shape index (κ1) is 12.6. The maximum atomic E-state index is 5.76. The van der Waals surface area contributed by atoms with E-state index in [-0.39, 0.29) is 6.04 Å². The second kappa shape index (κ2) is 5.19. The van der Waals surface area contributed by atoms with Gasteiger partial charge in [-0.3, -0.25) is 0 Å². The molecule has 1 aliphatic rings. The molecule has 1 fully saturated rings. The van der Waals surface area contributed by atoms with Crippen LogP contribution in [-0.4, -0.2) is 35.1 Å². The number of aromatic nitrogens is 1. The number of nitrogens with zero attached hydrogens (tertiary/aromatic N) is 2. The van der Waals surface area contributed by atoms with Crippen LogP contribution in [0.1, 0.15) is 44.7 Å². The van der Waals surface area contributed by atoms with Gasteiger partial charge in [-0.1, -0.05) is 0 Å². The quantitative estimate of drug-likeness (QED) is 0.867. The van der Waals surface area contributed by atoms with E-state index in [0.29, 0.717) is 12.0 Å². The van der Waals surface area contributed by atoms with E-state index in [1.807, 2.05) is 6.92 Å². The third-order valence-corrected chi connectivity index (χ3v) is 3.40. The third-order valence-electron chi connectivity index (χ3n) is 3.40. The van der Waals surface area contributed by atoms with Crippen LogP contribution in [-0.2, 0) is 6.42 Å². The van der Waals surface area contributed by atoms with E-state index in [1.165, 1.54) is 0 Å². The summed E-state index contributed by atoms with van der Waals surface area (Å²) >= 11 is 0. The van der Waals surface area contributed by atoms with Gasteiger partial charge in [-0.05, 0) is 33.7 Å². The zero-order chi connectivity index (χ0) is 12.4. The first-order chi connectivity index (χ1) is 8.06. The summed E-state index contributed by atoms with van der Waals surface area (Å²) in [5, 5.41) is 0. The topological polar surface area (TPSA) is 55.3 Å². The van der Waals surface area contributed by atoms with Gasteiger partial charge in [0.2, 0.25) is 0 Å². The van der Waals surface area contributed by atoms with E-state index < -0.39 is 0 Å². The minimum absolute atomic E-state index is 0.142. The Morgan fingerprint density at radius 2 is 2.29 bits per heavy atom. The molecule has 2 N–H and O–H groups in total. The molecule has 4 nitrogen and oxygen atoms in total. The summed E-state index contributed by atoms with van der Waals surface area (Å²) in [7, 11) is 0. The maximum Gasteiger partial charge on any atom is 0.198 e. The van der Waals surface area contributed by atoms with Gasteiger partial charge < -0.3 is 15.1 Å². The van der Waals surface area contributed by atoms with Crippen molar-refractivity contribution in [3.05, 3.63) is 17.8 Å². The van der Waals surface area contributed by atoms with Gasteiger partial charge in [-0.25, -0.2) is 4.98 Å². The van der Waals surface area contributed by atoms with Crippen molar-refractivity contribution in [1.29, 1.82) is 0 Å². The molecule has 1 saturated heterocycles. The molecule has 1 aliphatic heterocycles. The van der Waals surface area contributed by atoms with Crippen molar-refractivity contribution >= 4 is 0 Å². The Kier molecular flexibility index (Phi) is 3.84. The molecule has 4 heteroatoms. The molecule has 1 aromatic rings. The highest BCUT2D eigenvalue weighted by Gasteiger charge is 2.28.